The van der Waals surface area contributed by atoms with Gasteiger partial charge >= 0.3 is 11.9 Å². The number of hydrogen-bond acceptors (Lipinski definition) is 10. The minimum absolute atomic E-state index is 0.208. The predicted octanol–water partition coefficient (Wildman–Crippen LogP) is 3.46. The van der Waals surface area contributed by atoms with E-state index in [1.54, 1.807) is 39.2 Å². The van der Waals surface area contributed by atoms with Crippen LogP contribution in [-0.2, 0) is 19.1 Å². The number of carbonyl (C=O) groups is 2. The summed E-state index contributed by atoms with van der Waals surface area (Å²) in [5.41, 5.74) is 2.31. The Hall–Kier alpha value is -4.02. The van der Waals surface area contributed by atoms with Crippen LogP contribution in [0.1, 0.15) is 38.2 Å². The van der Waals surface area contributed by atoms with Crippen LogP contribution in [-0.4, -0.2) is 70.8 Å². The number of rotatable bonds is 15. The van der Waals surface area contributed by atoms with E-state index in [2.05, 4.69) is 10.6 Å². The second kappa shape index (κ2) is 15.7. The van der Waals surface area contributed by atoms with Crippen LogP contribution < -0.4 is 24.8 Å². The van der Waals surface area contributed by atoms with E-state index in [-0.39, 0.29) is 17.8 Å². The third-order valence-electron chi connectivity index (χ3n) is 6.67. The van der Waals surface area contributed by atoms with Crippen molar-refractivity contribution in [2.75, 3.05) is 47.6 Å². The van der Waals surface area contributed by atoms with E-state index in [0.29, 0.717) is 48.2 Å². The van der Waals surface area contributed by atoms with Crippen LogP contribution in [0, 0.1) is 0 Å². The Bertz CT molecular complexity index is 1200. The Morgan fingerprint density at radius 1 is 0.902 bits per heavy atom. The summed E-state index contributed by atoms with van der Waals surface area (Å²) < 4.78 is 27.4. The summed E-state index contributed by atoms with van der Waals surface area (Å²) in [5, 5.41) is 16.5. The minimum Gasteiger partial charge on any atom is -0.497 e. The SMILES string of the molecule is COC(=O)C1=C(C)NC(C)=C(C(=O)OC)C1c1cc(OC)ccc1OCCCCNCC(O)COc1ccccc1. The quantitative estimate of drug-likeness (QED) is 0.217. The molecule has 1 unspecified atom stereocenters. The van der Waals surface area contributed by atoms with Gasteiger partial charge in [0, 0.05) is 23.5 Å². The van der Waals surface area contributed by atoms with E-state index in [9.17, 15) is 14.7 Å². The van der Waals surface area contributed by atoms with Crippen molar-refractivity contribution >= 4 is 11.9 Å². The van der Waals surface area contributed by atoms with E-state index in [0.717, 1.165) is 18.6 Å². The molecule has 0 aliphatic carbocycles. The molecule has 10 heteroatoms. The number of hydrogen-bond donors (Lipinski definition) is 3. The van der Waals surface area contributed by atoms with Crippen LogP contribution in [0.3, 0.4) is 0 Å². The lowest BCUT2D eigenvalue weighted by molar-refractivity contribution is -0.137. The number of unbranched alkanes of at least 4 members (excludes halogenated alkanes) is 1. The van der Waals surface area contributed by atoms with E-state index in [4.69, 9.17) is 23.7 Å². The number of aliphatic hydroxyl groups excluding tert-OH is 1. The molecule has 0 aromatic heterocycles. The van der Waals surface area contributed by atoms with Crippen molar-refractivity contribution in [3.05, 3.63) is 76.6 Å². The highest BCUT2D eigenvalue weighted by Gasteiger charge is 2.39. The predicted molar refractivity (Wildman–Crippen MR) is 154 cm³/mol. The van der Waals surface area contributed by atoms with Gasteiger partial charge in [-0.3, -0.25) is 0 Å². The first kappa shape index (κ1) is 31.5. The van der Waals surface area contributed by atoms with Gasteiger partial charge in [-0.05, 0) is 63.6 Å². The average Bonchev–Trinajstić information content (AvgIpc) is 2.99. The average molecular weight is 569 g/mol. The van der Waals surface area contributed by atoms with Crippen molar-refractivity contribution in [1.29, 1.82) is 0 Å². The van der Waals surface area contributed by atoms with Crippen LogP contribution in [0.4, 0.5) is 0 Å². The lowest BCUT2D eigenvalue weighted by Gasteiger charge is -2.31. The fourth-order valence-electron chi connectivity index (χ4n) is 4.65. The molecule has 0 radical (unpaired) electrons. The van der Waals surface area contributed by atoms with Crippen molar-refractivity contribution in [3.8, 4) is 17.2 Å². The highest BCUT2D eigenvalue weighted by molar-refractivity contribution is 6.00. The second-order valence-corrected chi connectivity index (χ2v) is 9.56. The molecule has 3 N–H and O–H groups in total. The minimum atomic E-state index is -0.789. The van der Waals surface area contributed by atoms with Gasteiger partial charge in [0.1, 0.15) is 30.0 Å². The van der Waals surface area contributed by atoms with Gasteiger partial charge < -0.3 is 39.4 Å². The molecule has 222 valence electrons. The summed E-state index contributed by atoms with van der Waals surface area (Å²) in [6.07, 6.45) is 0.919. The highest BCUT2D eigenvalue weighted by Crippen LogP contribution is 2.44. The van der Waals surface area contributed by atoms with Crippen LogP contribution in [0.15, 0.2) is 71.1 Å². The Kier molecular flexibility index (Phi) is 12.1. The monoisotopic (exact) mass is 568 g/mol. The molecule has 2 aromatic carbocycles. The van der Waals surface area contributed by atoms with E-state index in [1.165, 1.54) is 14.2 Å². The van der Waals surface area contributed by atoms with Gasteiger partial charge in [-0.2, -0.15) is 0 Å². The molecule has 0 saturated carbocycles. The lowest BCUT2D eigenvalue weighted by atomic mass is 9.80. The Morgan fingerprint density at radius 2 is 1.56 bits per heavy atom. The zero-order valence-electron chi connectivity index (χ0n) is 24.3. The summed E-state index contributed by atoms with van der Waals surface area (Å²) in [4.78, 5) is 25.8. The fourth-order valence-corrected chi connectivity index (χ4v) is 4.65. The molecular weight excluding hydrogens is 528 g/mol. The third kappa shape index (κ3) is 8.48. The van der Waals surface area contributed by atoms with Crippen LogP contribution in [0.2, 0.25) is 0 Å². The zero-order chi connectivity index (χ0) is 29.8. The van der Waals surface area contributed by atoms with Gasteiger partial charge in [-0.1, -0.05) is 18.2 Å². The Balaban J connectivity index is 1.64. The van der Waals surface area contributed by atoms with Gasteiger partial charge in [0.05, 0.1) is 45.0 Å². The summed E-state index contributed by atoms with van der Waals surface area (Å²) >= 11 is 0. The second-order valence-electron chi connectivity index (χ2n) is 9.56. The van der Waals surface area contributed by atoms with Crippen molar-refractivity contribution < 1.29 is 38.4 Å². The van der Waals surface area contributed by atoms with Gasteiger partial charge in [0.15, 0.2) is 0 Å². The summed E-state index contributed by atoms with van der Waals surface area (Å²) in [6, 6.07) is 14.7. The number of para-hydroxylation sites is 1. The number of dihydropyridines is 1. The van der Waals surface area contributed by atoms with Crippen molar-refractivity contribution in [2.45, 2.75) is 38.7 Å². The highest BCUT2D eigenvalue weighted by atomic mass is 16.5. The number of esters is 2. The molecule has 2 aromatic rings. The zero-order valence-corrected chi connectivity index (χ0v) is 24.3. The molecule has 41 heavy (non-hydrogen) atoms. The fraction of sp³-hybridized carbons (Fsp3) is 0.419. The first-order valence-electron chi connectivity index (χ1n) is 13.5. The van der Waals surface area contributed by atoms with Gasteiger partial charge in [-0.25, -0.2) is 9.59 Å². The standard InChI is InChI=1S/C31H40N2O8/c1-20-27(30(35)38-4)29(28(21(2)33-20)31(36)39-5)25-17-24(37-3)13-14-26(25)40-16-10-9-15-32-18-22(34)19-41-23-11-7-6-8-12-23/h6-8,11-14,17,22,29,32-34H,9-10,15-16,18-19H2,1-5H3. The van der Waals surface area contributed by atoms with Crippen LogP contribution >= 0.6 is 0 Å². The normalized spacial score (nSPS) is 14.3. The molecule has 0 bridgehead atoms. The lowest BCUT2D eigenvalue weighted by Crippen LogP contribution is -2.32. The van der Waals surface area contributed by atoms with Gasteiger partial charge in [0.2, 0.25) is 0 Å². The summed E-state index contributed by atoms with van der Waals surface area (Å²) in [6.45, 7) is 5.23. The molecular formula is C31H40N2O8. The molecule has 1 aliphatic rings. The Labute approximate surface area is 241 Å². The Morgan fingerprint density at radius 3 is 2.17 bits per heavy atom. The number of aliphatic hydroxyl groups is 1. The van der Waals surface area contributed by atoms with E-state index in [1.807, 2.05) is 30.3 Å². The largest absolute Gasteiger partial charge is 0.497 e. The molecule has 1 aliphatic heterocycles. The molecule has 0 saturated heterocycles. The van der Waals surface area contributed by atoms with Gasteiger partial charge in [0.25, 0.3) is 0 Å². The third-order valence-corrected chi connectivity index (χ3v) is 6.67. The number of ether oxygens (including phenoxy) is 5. The van der Waals surface area contributed by atoms with Crippen LogP contribution in [0.5, 0.6) is 17.2 Å². The molecule has 1 atom stereocenters. The number of benzene rings is 2. The van der Waals surface area contributed by atoms with Crippen molar-refractivity contribution in [3.63, 3.8) is 0 Å². The maximum Gasteiger partial charge on any atom is 0.336 e. The molecule has 0 fully saturated rings. The van der Waals surface area contributed by atoms with Crippen molar-refractivity contribution in [1.82, 2.24) is 10.6 Å². The van der Waals surface area contributed by atoms with Gasteiger partial charge in [-0.15, -0.1) is 0 Å². The first-order chi connectivity index (χ1) is 19.8. The first-order valence-corrected chi connectivity index (χ1v) is 13.5. The topological polar surface area (TPSA) is 125 Å². The van der Waals surface area contributed by atoms with Crippen molar-refractivity contribution in [2.24, 2.45) is 0 Å². The molecule has 10 nitrogen and oxygen atoms in total. The maximum atomic E-state index is 12.9. The number of carbonyl (C=O) groups excluding carboxylic acids is 2. The number of allylic oxidation sites excluding steroid dienone is 2. The smallest absolute Gasteiger partial charge is 0.336 e. The van der Waals surface area contributed by atoms with E-state index >= 15 is 0 Å². The molecule has 0 amide bonds. The summed E-state index contributed by atoms with van der Waals surface area (Å²) in [5.74, 6) is -0.131. The van der Waals surface area contributed by atoms with E-state index < -0.39 is 24.0 Å². The molecule has 3 rings (SSSR count). The maximum absolute atomic E-state index is 12.9. The van der Waals surface area contributed by atoms with Crippen LogP contribution in [0.25, 0.3) is 0 Å². The molecule has 1 heterocycles. The summed E-state index contributed by atoms with van der Waals surface area (Å²) in [7, 11) is 4.15. The number of methoxy groups -OCH3 is 3. The number of nitrogens with one attached hydrogen (secondary N) is 2. The molecule has 0 spiro atoms.